The Morgan fingerprint density at radius 1 is 0.619 bits per heavy atom. The summed E-state index contributed by atoms with van der Waals surface area (Å²) in [7, 11) is 0. The Labute approximate surface area is 123 Å². The van der Waals surface area contributed by atoms with Crippen LogP contribution < -0.4 is 9.47 Å². The number of hydrogen-bond acceptors (Lipinski definition) is 5. The lowest BCUT2D eigenvalue weighted by Gasteiger charge is -2.08. The molecule has 0 radical (unpaired) electrons. The van der Waals surface area contributed by atoms with Crippen molar-refractivity contribution in [3.05, 3.63) is 48.5 Å². The molecule has 5 heteroatoms. The lowest BCUT2D eigenvalue weighted by molar-refractivity contribution is 0.0768. The van der Waals surface area contributed by atoms with Crippen molar-refractivity contribution in [3.63, 3.8) is 0 Å². The summed E-state index contributed by atoms with van der Waals surface area (Å²) < 4.78 is 16.8. The highest BCUT2D eigenvalue weighted by molar-refractivity contribution is 5.54. The van der Waals surface area contributed by atoms with E-state index < -0.39 is 0 Å². The minimum absolute atomic E-state index is 0.472. The van der Waals surface area contributed by atoms with Crippen LogP contribution in [0.15, 0.2) is 58.8 Å². The summed E-state index contributed by atoms with van der Waals surface area (Å²) in [6, 6.07) is 15.1. The zero-order valence-corrected chi connectivity index (χ0v) is 11.6. The molecule has 2 aromatic carbocycles. The topological polar surface area (TPSA) is 52.4 Å². The smallest absolute Gasteiger partial charge is 0.146 e. The van der Waals surface area contributed by atoms with Crippen LogP contribution in [0.3, 0.4) is 0 Å². The van der Waals surface area contributed by atoms with Crippen molar-refractivity contribution in [2.45, 2.75) is 0 Å². The van der Waals surface area contributed by atoms with Gasteiger partial charge in [0.2, 0.25) is 0 Å². The van der Waals surface area contributed by atoms with Crippen LogP contribution in [0.4, 0.5) is 11.4 Å². The second-order valence-electron chi connectivity index (χ2n) is 4.44. The minimum Gasteiger partial charge on any atom is -0.489 e. The van der Waals surface area contributed by atoms with Crippen molar-refractivity contribution in [2.24, 2.45) is 10.2 Å². The maximum Gasteiger partial charge on any atom is 0.146 e. The van der Waals surface area contributed by atoms with E-state index in [0.717, 1.165) is 0 Å². The number of hydrogen-bond donors (Lipinski definition) is 0. The summed E-state index contributed by atoms with van der Waals surface area (Å²) in [4.78, 5) is 0. The molecule has 0 N–H and O–H groups in total. The summed E-state index contributed by atoms with van der Waals surface area (Å²) >= 11 is 0. The molecule has 0 atom stereocenters. The van der Waals surface area contributed by atoms with Crippen molar-refractivity contribution in [1.82, 2.24) is 0 Å². The minimum atomic E-state index is 0.472. The van der Waals surface area contributed by atoms with Crippen molar-refractivity contribution >= 4 is 11.4 Å². The second kappa shape index (κ2) is 6.85. The van der Waals surface area contributed by atoms with E-state index in [1.807, 2.05) is 48.5 Å². The molecule has 108 valence electrons. The number of nitrogens with zero attached hydrogens (tertiary/aromatic N) is 2. The highest BCUT2D eigenvalue weighted by atomic mass is 16.5. The van der Waals surface area contributed by atoms with Gasteiger partial charge >= 0.3 is 0 Å². The molecule has 0 saturated carbocycles. The summed E-state index contributed by atoms with van der Waals surface area (Å²) in [6.07, 6.45) is 0. The van der Waals surface area contributed by atoms with Gasteiger partial charge in [0, 0.05) is 0 Å². The van der Waals surface area contributed by atoms with Crippen molar-refractivity contribution in [1.29, 1.82) is 0 Å². The average Bonchev–Trinajstić information content (AvgIpc) is 2.55. The summed E-state index contributed by atoms with van der Waals surface area (Å²) in [5.41, 5.74) is 1.37. The Kier molecular flexibility index (Phi) is 4.43. The number of fused-ring (bicyclic) bond motifs is 2. The number of ether oxygens (including phenoxy) is 3. The van der Waals surface area contributed by atoms with Crippen molar-refractivity contribution in [2.75, 3.05) is 26.4 Å². The molecule has 0 unspecified atom stereocenters. The van der Waals surface area contributed by atoms with Gasteiger partial charge < -0.3 is 14.2 Å². The zero-order chi connectivity index (χ0) is 14.3. The highest BCUT2D eigenvalue weighted by Crippen LogP contribution is 2.32. The third-order valence-electron chi connectivity index (χ3n) is 2.97. The first-order valence-electron chi connectivity index (χ1n) is 6.86. The maximum atomic E-state index is 5.67. The summed E-state index contributed by atoms with van der Waals surface area (Å²) in [5, 5.41) is 8.54. The van der Waals surface area contributed by atoms with Gasteiger partial charge in [-0.05, 0) is 24.3 Å². The molecule has 0 fully saturated rings. The Bertz CT molecular complexity index is 575. The quantitative estimate of drug-likeness (QED) is 0.737. The van der Waals surface area contributed by atoms with Crippen LogP contribution in [-0.2, 0) is 4.74 Å². The Morgan fingerprint density at radius 3 is 1.62 bits per heavy atom. The van der Waals surface area contributed by atoms with Crippen LogP contribution in [0.2, 0.25) is 0 Å². The van der Waals surface area contributed by atoms with Crippen LogP contribution in [-0.4, -0.2) is 26.4 Å². The van der Waals surface area contributed by atoms with E-state index in [2.05, 4.69) is 10.2 Å². The third kappa shape index (κ3) is 3.58. The predicted octanol–water partition coefficient (Wildman–Crippen LogP) is 3.89. The van der Waals surface area contributed by atoms with E-state index >= 15 is 0 Å². The number of rotatable bonds is 0. The lowest BCUT2D eigenvalue weighted by Crippen LogP contribution is -2.12. The highest BCUT2D eigenvalue weighted by Gasteiger charge is 2.06. The van der Waals surface area contributed by atoms with Crippen molar-refractivity contribution in [3.8, 4) is 11.5 Å². The average molecular weight is 284 g/mol. The molecule has 3 rings (SSSR count). The van der Waals surface area contributed by atoms with Crippen molar-refractivity contribution < 1.29 is 14.2 Å². The molecular weight excluding hydrogens is 268 g/mol. The standard InChI is InChI=1S/C16H16N2O3/c1-3-7-15-13(5-1)17-18-14-6-2-4-8-16(14)21-12-10-19-9-11-20-15/h1-8H,9-12H2. The fraction of sp³-hybridized carbons (Fsp3) is 0.250. The normalized spacial score (nSPS) is 15.2. The van der Waals surface area contributed by atoms with Gasteiger partial charge in [-0.3, -0.25) is 0 Å². The first-order chi connectivity index (χ1) is 10.4. The van der Waals surface area contributed by atoms with Gasteiger partial charge in [-0.25, -0.2) is 0 Å². The maximum absolute atomic E-state index is 5.67. The fourth-order valence-electron chi connectivity index (χ4n) is 1.95. The molecule has 0 bridgehead atoms. The van der Waals surface area contributed by atoms with Gasteiger partial charge in [0.05, 0.1) is 13.2 Å². The Balaban J connectivity index is 1.93. The first-order valence-corrected chi connectivity index (χ1v) is 6.86. The van der Waals surface area contributed by atoms with Gasteiger partial charge in [0.25, 0.3) is 0 Å². The summed E-state index contributed by atoms with van der Waals surface area (Å²) in [5.74, 6) is 1.39. The molecule has 0 aromatic heterocycles. The van der Waals surface area contributed by atoms with Crippen LogP contribution >= 0.6 is 0 Å². The van der Waals surface area contributed by atoms with Crippen LogP contribution in [0.25, 0.3) is 0 Å². The fourth-order valence-corrected chi connectivity index (χ4v) is 1.95. The van der Waals surface area contributed by atoms with E-state index in [4.69, 9.17) is 14.2 Å². The van der Waals surface area contributed by atoms with Gasteiger partial charge in [-0.1, -0.05) is 24.3 Å². The molecule has 21 heavy (non-hydrogen) atoms. The molecule has 1 aliphatic heterocycles. The third-order valence-corrected chi connectivity index (χ3v) is 2.97. The molecule has 5 nitrogen and oxygen atoms in total. The number of benzene rings is 2. The molecule has 0 spiro atoms. The summed E-state index contributed by atoms with van der Waals surface area (Å²) in [6.45, 7) is 1.96. The Morgan fingerprint density at radius 2 is 1.10 bits per heavy atom. The molecule has 1 heterocycles. The number of para-hydroxylation sites is 2. The monoisotopic (exact) mass is 284 g/mol. The van der Waals surface area contributed by atoms with E-state index in [0.29, 0.717) is 49.3 Å². The van der Waals surface area contributed by atoms with Crippen LogP contribution in [0.5, 0.6) is 11.5 Å². The van der Waals surface area contributed by atoms with Gasteiger partial charge in [0.1, 0.15) is 36.1 Å². The van der Waals surface area contributed by atoms with Gasteiger partial charge in [-0.2, -0.15) is 0 Å². The molecular formula is C16H16N2O3. The van der Waals surface area contributed by atoms with E-state index in [1.54, 1.807) is 0 Å². The van der Waals surface area contributed by atoms with Crippen LogP contribution in [0, 0.1) is 0 Å². The second-order valence-corrected chi connectivity index (χ2v) is 4.44. The van der Waals surface area contributed by atoms with Crippen LogP contribution in [0.1, 0.15) is 0 Å². The molecule has 0 amide bonds. The SMILES string of the molecule is c1ccc2c(c1)N=Nc1ccccc1OCCOCCO2. The number of azo groups is 1. The van der Waals surface area contributed by atoms with E-state index in [9.17, 15) is 0 Å². The van der Waals surface area contributed by atoms with Gasteiger partial charge in [-0.15, -0.1) is 10.2 Å². The molecule has 0 saturated heterocycles. The molecule has 0 aliphatic carbocycles. The zero-order valence-electron chi connectivity index (χ0n) is 11.6. The predicted molar refractivity (Wildman–Crippen MR) is 78.9 cm³/mol. The lowest BCUT2D eigenvalue weighted by atomic mass is 10.3. The largest absolute Gasteiger partial charge is 0.489 e. The molecule has 2 aromatic rings. The van der Waals surface area contributed by atoms with E-state index in [1.165, 1.54) is 0 Å². The first kappa shape index (κ1) is 13.6. The van der Waals surface area contributed by atoms with E-state index in [-0.39, 0.29) is 0 Å². The van der Waals surface area contributed by atoms with Gasteiger partial charge in [0.15, 0.2) is 0 Å². The Hall–Kier alpha value is -2.40. The molecule has 1 aliphatic rings.